The van der Waals surface area contributed by atoms with E-state index in [9.17, 15) is 4.79 Å². The van der Waals surface area contributed by atoms with Gasteiger partial charge in [0, 0.05) is 29.6 Å². The zero-order valence-electron chi connectivity index (χ0n) is 16.5. The van der Waals surface area contributed by atoms with Crippen molar-refractivity contribution < 1.29 is 9.53 Å². The standard InChI is InChI=1S/C22H24ClN3O2/c1-14-11-20(12-15(2)21(14)23)28-16(3)22(27)25-13-18-5-7-19(8-6-18)26-10-9-24-17(26)4/h5-12,16H,13H2,1-4H3,(H,25,27)/t16-/m0/s1. The molecule has 3 aromatic rings. The fourth-order valence-corrected chi connectivity index (χ4v) is 3.10. The van der Waals surface area contributed by atoms with Crippen LogP contribution in [0.3, 0.4) is 0 Å². The summed E-state index contributed by atoms with van der Waals surface area (Å²) >= 11 is 6.18. The van der Waals surface area contributed by atoms with Gasteiger partial charge in [-0.25, -0.2) is 4.98 Å². The number of nitrogens with one attached hydrogen (secondary N) is 1. The first kappa shape index (κ1) is 20.0. The highest BCUT2D eigenvalue weighted by atomic mass is 35.5. The number of nitrogens with zero attached hydrogens (tertiary/aromatic N) is 2. The minimum absolute atomic E-state index is 0.167. The number of carbonyl (C=O) groups is 1. The van der Waals surface area contributed by atoms with Crippen LogP contribution in [-0.4, -0.2) is 21.6 Å². The molecule has 146 valence electrons. The Morgan fingerprint density at radius 3 is 2.39 bits per heavy atom. The van der Waals surface area contributed by atoms with E-state index in [-0.39, 0.29) is 5.91 Å². The van der Waals surface area contributed by atoms with Crippen molar-refractivity contribution in [3.8, 4) is 11.4 Å². The molecule has 28 heavy (non-hydrogen) atoms. The zero-order valence-corrected chi connectivity index (χ0v) is 17.2. The minimum Gasteiger partial charge on any atom is -0.481 e. The molecule has 5 nitrogen and oxygen atoms in total. The number of aryl methyl sites for hydroxylation is 3. The van der Waals surface area contributed by atoms with Crippen molar-refractivity contribution in [2.24, 2.45) is 0 Å². The average molecular weight is 398 g/mol. The van der Waals surface area contributed by atoms with Gasteiger partial charge < -0.3 is 14.6 Å². The number of carbonyl (C=O) groups excluding carboxylic acids is 1. The van der Waals surface area contributed by atoms with Crippen molar-refractivity contribution in [1.29, 1.82) is 0 Å². The Hall–Kier alpha value is -2.79. The predicted molar refractivity (Wildman–Crippen MR) is 111 cm³/mol. The molecule has 0 aliphatic heterocycles. The molecule has 2 aromatic carbocycles. The van der Waals surface area contributed by atoms with Gasteiger partial charge in [0.2, 0.25) is 0 Å². The number of hydrogen-bond acceptors (Lipinski definition) is 3. The number of halogens is 1. The molecule has 0 unspecified atom stereocenters. The molecule has 1 N–H and O–H groups in total. The summed E-state index contributed by atoms with van der Waals surface area (Å²) in [6, 6.07) is 11.7. The molecule has 1 aromatic heterocycles. The molecular formula is C22H24ClN3O2. The van der Waals surface area contributed by atoms with Gasteiger partial charge >= 0.3 is 0 Å². The van der Waals surface area contributed by atoms with E-state index < -0.39 is 6.10 Å². The summed E-state index contributed by atoms with van der Waals surface area (Å²) in [5, 5.41) is 3.64. The van der Waals surface area contributed by atoms with Gasteiger partial charge in [-0.1, -0.05) is 23.7 Å². The largest absolute Gasteiger partial charge is 0.481 e. The zero-order chi connectivity index (χ0) is 20.3. The van der Waals surface area contributed by atoms with Crippen LogP contribution in [0.15, 0.2) is 48.8 Å². The number of imidazole rings is 1. The summed E-state index contributed by atoms with van der Waals surface area (Å²) in [7, 11) is 0. The Morgan fingerprint density at radius 2 is 1.82 bits per heavy atom. The maximum atomic E-state index is 12.4. The van der Waals surface area contributed by atoms with Crippen LogP contribution >= 0.6 is 11.6 Å². The highest BCUT2D eigenvalue weighted by molar-refractivity contribution is 6.32. The summed E-state index contributed by atoms with van der Waals surface area (Å²) in [5.41, 5.74) is 3.91. The number of ether oxygens (including phenoxy) is 1. The third-order valence-electron chi connectivity index (χ3n) is 4.60. The normalized spacial score (nSPS) is 11.9. The molecule has 1 atom stereocenters. The molecule has 0 aliphatic carbocycles. The molecule has 3 rings (SSSR count). The molecule has 1 amide bonds. The Labute approximate surface area is 170 Å². The van der Waals surface area contributed by atoms with Gasteiger partial charge in [-0.15, -0.1) is 0 Å². The van der Waals surface area contributed by atoms with Crippen LogP contribution in [0.1, 0.15) is 29.4 Å². The summed E-state index contributed by atoms with van der Waals surface area (Å²) < 4.78 is 7.79. The van der Waals surface area contributed by atoms with Crippen LogP contribution in [0.5, 0.6) is 5.75 Å². The second-order valence-corrected chi connectivity index (χ2v) is 7.24. The molecule has 0 radical (unpaired) electrons. The fourth-order valence-electron chi connectivity index (χ4n) is 2.99. The van der Waals surface area contributed by atoms with Gasteiger partial charge in [-0.2, -0.15) is 0 Å². The summed E-state index contributed by atoms with van der Waals surface area (Å²) in [6.45, 7) is 7.97. The molecule has 0 fully saturated rings. The van der Waals surface area contributed by atoms with Crippen molar-refractivity contribution in [2.45, 2.75) is 40.3 Å². The van der Waals surface area contributed by atoms with E-state index in [0.717, 1.165) is 33.2 Å². The summed E-state index contributed by atoms with van der Waals surface area (Å²) in [4.78, 5) is 16.6. The van der Waals surface area contributed by atoms with Crippen LogP contribution < -0.4 is 10.1 Å². The Balaban J connectivity index is 1.57. The van der Waals surface area contributed by atoms with Crippen molar-refractivity contribution >= 4 is 17.5 Å². The lowest BCUT2D eigenvalue weighted by Gasteiger charge is -2.16. The van der Waals surface area contributed by atoms with Gasteiger partial charge in [-0.3, -0.25) is 4.79 Å². The fraction of sp³-hybridized carbons (Fsp3) is 0.273. The number of aromatic nitrogens is 2. The lowest BCUT2D eigenvalue weighted by molar-refractivity contribution is -0.127. The third kappa shape index (κ3) is 4.54. The van der Waals surface area contributed by atoms with Crippen LogP contribution in [0, 0.1) is 20.8 Å². The maximum Gasteiger partial charge on any atom is 0.261 e. The molecule has 6 heteroatoms. The van der Waals surface area contributed by atoms with E-state index >= 15 is 0 Å². The molecule has 1 heterocycles. The average Bonchev–Trinajstić information content (AvgIpc) is 3.10. The number of hydrogen-bond donors (Lipinski definition) is 1. The lowest BCUT2D eigenvalue weighted by atomic mass is 10.1. The molecule has 0 aliphatic rings. The van der Waals surface area contributed by atoms with Crippen LogP contribution in [-0.2, 0) is 11.3 Å². The lowest BCUT2D eigenvalue weighted by Crippen LogP contribution is -2.35. The van der Waals surface area contributed by atoms with Gasteiger partial charge in [0.25, 0.3) is 5.91 Å². The molecule has 0 saturated carbocycles. The quantitative estimate of drug-likeness (QED) is 0.664. The van der Waals surface area contributed by atoms with E-state index in [1.807, 2.05) is 67.9 Å². The molecular weight excluding hydrogens is 374 g/mol. The first-order valence-corrected chi connectivity index (χ1v) is 9.53. The van der Waals surface area contributed by atoms with E-state index in [1.165, 1.54) is 0 Å². The highest BCUT2D eigenvalue weighted by Gasteiger charge is 2.15. The SMILES string of the molecule is Cc1cc(O[C@@H](C)C(=O)NCc2ccc(-n3ccnc3C)cc2)cc(C)c1Cl. The molecule has 0 spiro atoms. The van der Waals surface area contributed by atoms with E-state index in [1.54, 1.807) is 13.1 Å². The van der Waals surface area contributed by atoms with Crippen molar-refractivity contribution in [3.05, 3.63) is 76.3 Å². The molecule has 0 bridgehead atoms. The predicted octanol–water partition coefficient (Wildman–Crippen LogP) is 4.53. The van der Waals surface area contributed by atoms with Gasteiger partial charge in [0.1, 0.15) is 11.6 Å². The van der Waals surface area contributed by atoms with E-state index in [4.69, 9.17) is 16.3 Å². The Morgan fingerprint density at radius 1 is 1.18 bits per heavy atom. The minimum atomic E-state index is -0.604. The topological polar surface area (TPSA) is 56.1 Å². The highest BCUT2D eigenvalue weighted by Crippen LogP contribution is 2.26. The number of rotatable bonds is 6. The Bertz CT molecular complexity index is 957. The first-order valence-electron chi connectivity index (χ1n) is 9.15. The van der Waals surface area contributed by atoms with Crippen molar-refractivity contribution in [1.82, 2.24) is 14.9 Å². The number of amides is 1. The second-order valence-electron chi connectivity index (χ2n) is 6.86. The van der Waals surface area contributed by atoms with Crippen molar-refractivity contribution in [2.75, 3.05) is 0 Å². The van der Waals surface area contributed by atoms with Crippen LogP contribution in [0.2, 0.25) is 5.02 Å². The summed E-state index contributed by atoms with van der Waals surface area (Å²) in [6.07, 6.45) is 3.09. The molecule has 0 saturated heterocycles. The van der Waals surface area contributed by atoms with E-state index in [0.29, 0.717) is 12.3 Å². The second kappa shape index (κ2) is 8.48. The monoisotopic (exact) mass is 397 g/mol. The van der Waals surface area contributed by atoms with Crippen LogP contribution in [0.25, 0.3) is 5.69 Å². The maximum absolute atomic E-state index is 12.4. The number of benzene rings is 2. The van der Waals surface area contributed by atoms with Crippen LogP contribution in [0.4, 0.5) is 0 Å². The van der Waals surface area contributed by atoms with Gasteiger partial charge in [-0.05, 0) is 68.7 Å². The van der Waals surface area contributed by atoms with Gasteiger partial charge in [0.05, 0.1) is 0 Å². The van der Waals surface area contributed by atoms with Crippen molar-refractivity contribution in [3.63, 3.8) is 0 Å². The van der Waals surface area contributed by atoms with E-state index in [2.05, 4.69) is 10.3 Å². The third-order valence-corrected chi connectivity index (χ3v) is 5.20. The Kier molecular flexibility index (Phi) is 6.05. The smallest absolute Gasteiger partial charge is 0.261 e. The first-order chi connectivity index (χ1) is 13.3. The summed E-state index contributed by atoms with van der Waals surface area (Å²) in [5.74, 6) is 1.40. The van der Waals surface area contributed by atoms with Gasteiger partial charge in [0.15, 0.2) is 6.10 Å².